The van der Waals surface area contributed by atoms with Gasteiger partial charge < -0.3 is 4.90 Å². The lowest BCUT2D eigenvalue weighted by Gasteiger charge is -2.33. The van der Waals surface area contributed by atoms with Crippen LogP contribution in [0.15, 0.2) is 12.4 Å². The van der Waals surface area contributed by atoms with Crippen LogP contribution in [-0.2, 0) is 16.6 Å². The molecular formula is C14H25N5O2S. The van der Waals surface area contributed by atoms with Crippen molar-refractivity contribution in [2.75, 3.05) is 46.2 Å². The SMILES string of the molecule is CN(C)c1nccnc1CC1CCCN(S(=O)(=O)N(C)C)C1. The summed E-state index contributed by atoms with van der Waals surface area (Å²) < 4.78 is 27.4. The summed E-state index contributed by atoms with van der Waals surface area (Å²) >= 11 is 0. The zero-order valence-corrected chi connectivity index (χ0v) is 14.5. The maximum absolute atomic E-state index is 12.3. The highest BCUT2D eigenvalue weighted by molar-refractivity contribution is 7.86. The monoisotopic (exact) mass is 327 g/mol. The van der Waals surface area contributed by atoms with Crippen molar-refractivity contribution in [3.63, 3.8) is 0 Å². The minimum atomic E-state index is -3.33. The van der Waals surface area contributed by atoms with Gasteiger partial charge in [0, 0.05) is 53.7 Å². The molecule has 124 valence electrons. The highest BCUT2D eigenvalue weighted by Gasteiger charge is 2.31. The Morgan fingerprint density at radius 3 is 2.55 bits per heavy atom. The molecule has 7 nitrogen and oxygen atoms in total. The Morgan fingerprint density at radius 2 is 1.91 bits per heavy atom. The van der Waals surface area contributed by atoms with Gasteiger partial charge in [0.2, 0.25) is 0 Å². The topological polar surface area (TPSA) is 69.6 Å². The minimum absolute atomic E-state index is 0.277. The molecule has 1 saturated heterocycles. The molecule has 0 aliphatic carbocycles. The molecule has 2 heterocycles. The van der Waals surface area contributed by atoms with E-state index in [1.165, 1.54) is 4.31 Å². The predicted molar refractivity (Wildman–Crippen MR) is 87.0 cm³/mol. The van der Waals surface area contributed by atoms with Gasteiger partial charge in [-0.25, -0.2) is 4.98 Å². The second-order valence-electron chi connectivity index (χ2n) is 6.08. The Hall–Kier alpha value is -1.25. The van der Waals surface area contributed by atoms with Crippen molar-refractivity contribution < 1.29 is 8.42 Å². The third kappa shape index (κ3) is 3.74. The molecule has 0 saturated carbocycles. The summed E-state index contributed by atoms with van der Waals surface area (Å²) in [6.45, 7) is 1.14. The quantitative estimate of drug-likeness (QED) is 0.792. The summed E-state index contributed by atoms with van der Waals surface area (Å²) in [7, 11) is 3.70. The van der Waals surface area contributed by atoms with Crippen LogP contribution in [0.25, 0.3) is 0 Å². The molecular weight excluding hydrogens is 302 g/mol. The molecule has 2 rings (SSSR count). The third-order valence-corrected chi connectivity index (χ3v) is 5.83. The average Bonchev–Trinajstić information content (AvgIpc) is 2.47. The molecule has 1 aromatic rings. The van der Waals surface area contributed by atoms with Gasteiger partial charge in [-0.2, -0.15) is 17.0 Å². The molecule has 1 aliphatic rings. The van der Waals surface area contributed by atoms with E-state index in [0.29, 0.717) is 13.1 Å². The van der Waals surface area contributed by atoms with Gasteiger partial charge in [-0.05, 0) is 25.2 Å². The Balaban J connectivity index is 2.12. The van der Waals surface area contributed by atoms with Crippen LogP contribution >= 0.6 is 0 Å². The lowest BCUT2D eigenvalue weighted by Crippen LogP contribution is -2.45. The van der Waals surface area contributed by atoms with Crippen LogP contribution in [0.5, 0.6) is 0 Å². The summed E-state index contributed by atoms with van der Waals surface area (Å²) in [5.74, 6) is 1.13. The highest BCUT2D eigenvalue weighted by Crippen LogP contribution is 2.25. The Bertz CT molecular complexity index is 603. The first-order chi connectivity index (χ1) is 10.3. The van der Waals surface area contributed by atoms with Crippen LogP contribution in [0.1, 0.15) is 18.5 Å². The summed E-state index contributed by atoms with van der Waals surface area (Å²) in [4.78, 5) is 10.7. The van der Waals surface area contributed by atoms with E-state index in [2.05, 4.69) is 9.97 Å². The lowest BCUT2D eigenvalue weighted by atomic mass is 9.94. The fourth-order valence-corrected chi connectivity index (χ4v) is 4.01. The van der Waals surface area contributed by atoms with E-state index >= 15 is 0 Å². The molecule has 22 heavy (non-hydrogen) atoms. The van der Waals surface area contributed by atoms with Gasteiger partial charge in [0.05, 0.1) is 5.69 Å². The molecule has 1 aliphatic heterocycles. The first-order valence-corrected chi connectivity index (χ1v) is 8.87. The Morgan fingerprint density at radius 1 is 1.23 bits per heavy atom. The van der Waals surface area contributed by atoms with Crippen molar-refractivity contribution in [3.8, 4) is 0 Å². The smallest absolute Gasteiger partial charge is 0.281 e. The minimum Gasteiger partial charge on any atom is -0.361 e. The summed E-state index contributed by atoms with van der Waals surface area (Å²) in [5.41, 5.74) is 0.932. The van der Waals surface area contributed by atoms with Crippen molar-refractivity contribution in [3.05, 3.63) is 18.1 Å². The largest absolute Gasteiger partial charge is 0.361 e. The molecule has 0 spiro atoms. The van der Waals surface area contributed by atoms with Gasteiger partial charge in [-0.15, -0.1) is 0 Å². The van der Waals surface area contributed by atoms with Crippen LogP contribution < -0.4 is 4.90 Å². The number of hydrogen-bond acceptors (Lipinski definition) is 5. The average molecular weight is 327 g/mol. The normalized spacial score (nSPS) is 20.3. The van der Waals surface area contributed by atoms with Gasteiger partial charge in [0.15, 0.2) is 0 Å². The van der Waals surface area contributed by atoms with E-state index in [4.69, 9.17) is 0 Å². The third-order valence-electron chi connectivity index (χ3n) is 3.93. The predicted octanol–water partition coefficient (Wildman–Crippen LogP) is 0.604. The van der Waals surface area contributed by atoms with Crippen LogP contribution in [0, 0.1) is 5.92 Å². The highest BCUT2D eigenvalue weighted by atomic mass is 32.2. The standard InChI is InChI=1S/C14H25N5O2S/c1-17(2)14-13(15-7-8-16-14)10-12-6-5-9-19(11-12)22(20,21)18(3)4/h7-8,12H,5-6,9-11H2,1-4H3. The zero-order valence-electron chi connectivity index (χ0n) is 13.7. The fraction of sp³-hybridized carbons (Fsp3) is 0.714. The van der Waals surface area contributed by atoms with Crippen LogP contribution in [-0.4, -0.2) is 68.3 Å². The van der Waals surface area contributed by atoms with Gasteiger partial charge in [-0.3, -0.25) is 4.98 Å². The van der Waals surface area contributed by atoms with Crippen molar-refractivity contribution in [2.45, 2.75) is 19.3 Å². The van der Waals surface area contributed by atoms with E-state index in [9.17, 15) is 8.42 Å². The summed E-state index contributed by atoms with van der Waals surface area (Å²) in [5, 5.41) is 0. The fourth-order valence-electron chi connectivity index (χ4n) is 2.78. The zero-order chi connectivity index (χ0) is 16.3. The van der Waals surface area contributed by atoms with Gasteiger partial charge >= 0.3 is 0 Å². The van der Waals surface area contributed by atoms with Gasteiger partial charge in [-0.1, -0.05) is 0 Å². The van der Waals surface area contributed by atoms with E-state index in [0.717, 1.165) is 30.8 Å². The van der Waals surface area contributed by atoms with Crippen molar-refractivity contribution >= 4 is 16.0 Å². The van der Waals surface area contributed by atoms with Crippen molar-refractivity contribution in [2.24, 2.45) is 5.92 Å². The Kier molecular flexibility index (Phi) is 5.36. The number of rotatable bonds is 5. The number of aromatic nitrogens is 2. The van der Waals surface area contributed by atoms with Crippen LogP contribution in [0.3, 0.4) is 0 Å². The van der Waals surface area contributed by atoms with Gasteiger partial charge in [0.25, 0.3) is 10.2 Å². The van der Waals surface area contributed by atoms with Crippen LogP contribution in [0.4, 0.5) is 5.82 Å². The molecule has 0 bridgehead atoms. The number of piperidine rings is 1. The van der Waals surface area contributed by atoms with E-state index in [1.54, 1.807) is 30.8 Å². The molecule has 0 radical (unpaired) electrons. The Labute approximate surface area is 133 Å². The van der Waals surface area contributed by atoms with E-state index in [-0.39, 0.29) is 5.92 Å². The van der Waals surface area contributed by atoms with Crippen molar-refractivity contribution in [1.29, 1.82) is 0 Å². The van der Waals surface area contributed by atoms with Gasteiger partial charge in [0.1, 0.15) is 5.82 Å². The first-order valence-electron chi connectivity index (χ1n) is 7.47. The maximum atomic E-state index is 12.3. The summed E-state index contributed by atoms with van der Waals surface area (Å²) in [6.07, 6.45) is 6.03. The first kappa shape index (κ1) is 17.1. The second kappa shape index (κ2) is 6.89. The molecule has 1 aromatic heterocycles. The van der Waals surface area contributed by atoms with Crippen LogP contribution in [0.2, 0.25) is 0 Å². The van der Waals surface area contributed by atoms with Crippen molar-refractivity contribution in [1.82, 2.24) is 18.6 Å². The molecule has 8 heteroatoms. The lowest BCUT2D eigenvalue weighted by molar-refractivity contribution is 0.253. The molecule has 0 aromatic carbocycles. The maximum Gasteiger partial charge on any atom is 0.281 e. The van der Waals surface area contributed by atoms with E-state index < -0.39 is 10.2 Å². The van der Waals surface area contributed by atoms with E-state index in [1.807, 2.05) is 19.0 Å². The molecule has 0 amide bonds. The molecule has 1 fully saturated rings. The number of anilines is 1. The summed E-state index contributed by atoms with van der Waals surface area (Å²) in [6, 6.07) is 0. The second-order valence-corrected chi connectivity index (χ2v) is 8.22. The molecule has 1 unspecified atom stereocenters. The number of nitrogens with zero attached hydrogens (tertiary/aromatic N) is 5. The number of hydrogen-bond donors (Lipinski definition) is 0. The molecule has 1 atom stereocenters. The molecule has 0 N–H and O–H groups in total.